The van der Waals surface area contributed by atoms with Gasteiger partial charge < -0.3 is 4.74 Å². The van der Waals surface area contributed by atoms with E-state index in [4.69, 9.17) is 4.74 Å². The van der Waals surface area contributed by atoms with Crippen LogP contribution in [0, 0.1) is 0 Å². The Hall–Kier alpha value is -1.82. The predicted molar refractivity (Wildman–Crippen MR) is 90.7 cm³/mol. The van der Waals surface area contributed by atoms with Crippen LogP contribution in [-0.2, 0) is 14.3 Å². The fraction of sp³-hybridized carbons (Fsp3) is 0.471. The second-order valence-corrected chi connectivity index (χ2v) is 6.73. The normalized spacial score (nSPS) is 17.7. The van der Waals surface area contributed by atoms with Crippen molar-refractivity contribution in [3.05, 3.63) is 29.8 Å². The van der Waals surface area contributed by atoms with Crippen LogP contribution in [0.3, 0.4) is 0 Å². The smallest absolute Gasteiger partial charge is 0.338 e. The highest BCUT2D eigenvalue weighted by Crippen LogP contribution is 2.29. The molecule has 1 aromatic rings. The number of anilines is 1. The van der Waals surface area contributed by atoms with Gasteiger partial charge in [0.25, 0.3) is 0 Å². The van der Waals surface area contributed by atoms with Crippen molar-refractivity contribution in [2.75, 3.05) is 17.3 Å². The van der Waals surface area contributed by atoms with Crippen molar-refractivity contribution >= 4 is 35.2 Å². The van der Waals surface area contributed by atoms with Crippen LogP contribution in [0.15, 0.2) is 24.3 Å². The molecule has 0 spiro atoms. The number of esters is 1. The van der Waals surface area contributed by atoms with E-state index in [-0.39, 0.29) is 29.5 Å². The molecule has 1 unspecified atom stereocenters. The van der Waals surface area contributed by atoms with Crippen molar-refractivity contribution in [2.24, 2.45) is 0 Å². The van der Waals surface area contributed by atoms with Gasteiger partial charge in [-0.1, -0.05) is 20.3 Å². The Labute approximate surface area is 140 Å². The quantitative estimate of drug-likeness (QED) is 0.435. The molecule has 0 N–H and O–H groups in total. The number of rotatable bonds is 7. The summed E-state index contributed by atoms with van der Waals surface area (Å²) in [4.78, 5) is 37.4. The first-order valence-corrected chi connectivity index (χ1v) is 8.89. The fourth-order valence-electron chi connectivity index (χ4n) is 2.35. The van der Waals surface area contributed by atoms with Crippen molar-refractivity contribution in [1.82, 2.24) is 0 Å². The zero-order chi connectivity index (χ0) is 16.8. The van der Waals surface area contributed by atoms with Gasteiger partial charge in [-0.3, -0.25) is 9.59 Å². The number of amides is 2. The minimum Gasteiger partial charge on any atom is -0.462 e. The lowest BCUT2D eigenvalue weighted by atomic mass is 10.2. The lowest BCUT2D eigenvalue weighted by Gasteiger charge is -2.15. The molecule has 6 heteroatoms. The summed E-state index contributed by atoms with van der Waals surface area (Å²) in [7, 11) is 0. The minimum atomic E-state index is -0.386. The van der Waals surface area contributed by atoms with Gasteiger partial charge in [-0.2, -0.15) is 0 Å². The second kappa shape index (κ2) is 8.15. The van der Waals surface area contributed by atoms with Crippen LogP contribution in [-0.4, -0.2) is 35.4 Å². The first-order valence-electron chi connectivity index (χ1n) is 7.84. The van der Waals surface area contributed by atoms with E-state index in [1.807, 2.05) is 13.8 Å². The Balaban J connectivity index is 2.06. The topological polar surface area (TPSA) is 63.7 Å². The molecule has 1 fully saturated rings. The van der Waals surface area contributed by atoms with Gasteiger partial charge >= 0.3 is 5.97 Å². The Morgan fingerprint density at radius 2 is 1.96 bits per heavy atom. The highest BCUT2D eigenvalue weighted by atomic mass is 32.2. The van der Waals surface area contributed by atoms with Gasteiger partial charge in [-0.05, 0) is 36.4 Å². The first kappa shape index (κ1) is 17.5. The third kappa shape index (κ3) is 4.13. The van der Waals surface area contributed by atoms with Crippen LogP contribution in [0.5, 0.6) is 0 Å². The van der Waals surface area contributed by atoms with E-state index in [2.05, 4.69) is 0 Å². The highest BCUT2D eigenvalue weighted by Gasteiger charge is 2.39. The number of nitrogens with zero attached hydrogens (tertiary/aromatic N) is 1. The third-order valence-electron chi connectivity index (χ3n) is 3.57. The Morgan fingerprint density at radius 3 is 2.57 bits per heavy atom. The lowest BCUT2D eigenvalue weighted by molar-refractivity contribution is -0.121. The molecule has 1 atom stereocenters. The number of imide groups is 1. The second-order valence-electron chi connectivity index (χ2n) is 5.25. The molecule has 23 heavy (non-hydrogen) atoms. The number of thioether (sulfide) groups is 1. The first-order chi connectivity index (χ1) is 11.1. The molecular weight excluding hydrogens is 314 g/mol. The van der Waals surface area contributed by atoms with Crippen LogP contribution >= 0.6 is 11.8 Å². The maximum atomic E-state index is 12.3. The maximum Gasteiger partial charge on any atom is 0.338 e. The summed E-state index contributed by atoms with van der Waals surface area (Å²) in [6, 6.07) is 6.41. The summed E-state index contributed by atoms with van der Waals surface area (Å²) in [5.74, 6) is 0.0305. The Bertz CT molecular complexity index is 585. The molecule has 1 aliphatic rings. The Morgan fingerprint density at radius 1 is 1.26 bits per heavy atom. The average molecular weight is 335 g/mol. The van der Waals surface area contributed by atoms with Gasteiger partial charge in [0, 0.05) is 6.42 Å². The molecule has 1 aliphatic heterocycles. The number of hydrogen-bond acceptors (Lipinski definition) is 5. The third-order valence-corrected chi connectivity index (χ3v) is 4.67. The SMILES string of the molecule is CCCCOC(=O)c1ccc(N2C(=O)CC(SCC)C2=O)cc1. The predicted octanol–water partition coefficient (Wildman–Crippen LogP) is 3.03. The van der Waals surface area contributed by atoms with Crippen molar-refractivity contribution in [3.8, 4) is 0 Å². The summed E-state index contributed by atoms with van der Waals surface area (Å²) in [6.45, 7) is 4.39. The van der Waals surface area contributed by atoms with Crippen LogP contribution in [0.4, 0.5) is 5.69 Å². The molecule has 0 aromatic heterocycles. The number of ether oxygens (including phenoxy) is 1. The number of unbranched alkanes of at least 4 members (excludes halogenated alkanes) is 1. The van der Waals surface area contributed by atoms with Gasteiger partial charge in [0.2, 0.25) is 11.8 Å². The van der Waals surface area contributed by atoms with Crippen molar-refractivity contribution < 1.29 is 19.1 Å². The van der Waals surface area contributed by atoms with Gasteiger partial charge in [0.15, 0.2) is 0 Å². The zero-order valence-corrected chi connectivity index (χ0v) is 14.2. The summed E-state index contributed by atoms with van der Waals surface area (Å²) < 4.78 is 5.14. The van der Waals surface area contributed by atoms with Crippen LogP contribution in [0.25, 0.3) is 0 Å². The summed E-state index contributed by atoms with van der Waals surface area (Å²) in [6.07, 6.45) is 2.03. The lowest BCUT2D eigenvalue weighted by Crippen LogP contribution is -2.31. The molecule has 1 aromatic carbocycles. The van der Waals surface area contributed by atoms with Crippen molar-refractivity contribution in [3.63, 3.8) is 0 Å². The standard InChI is InChI=1S/C17H21NO4S/c1-3-5-10-22-17(21)12-6-8-13(9-7-12)18-15(19)11-14(16(18)20)23-4-2/h6-9,14H,3-5,10-11H2,1-2H3. The molecule has 2 amide bonds. The Kier molecular flexibility index (Phi) is 6.21. The summed E-state index contributed by atoms with van der Waals surface area (Å²) >= 11 is 1.48. The minimum absolute atomic E-state index is 0.180. The number of carbonyl (C=O) groups excluding carboxylic acids is 3. The highest BCUT2D eigenvalue weighted by molar-refractivity contribution is 8.00. The molecule has 5 nitrogen and oxygen atoms in total. The molecule has 0 bridgehead atoms. The molecule has 1 saturated heterocycles. The van der Waals surface area contributed by atoms with E-state index in [9.17, 15) is 14.4 Å². The van der Waals surface area contributed by atoms with E-state index in [1.54, 1.807) is 24.3 Å². The van der Waals surface area contributed by atoms with E-state index in [0.717, 1.165) is 18.6 Å². The van der Waals surface area contributed by atoms with Crippen molar-refractivity contribution in [2.45, 2.75) is 38.4 Å². The summed E-state index contributed by atoms with van der Waals surface area (Å²) in [5, 5.41) is -0.300. The van der Waals surface area contributed by atoms with Crippen molar-refractivity contribution in [1.29, 1.82) is 0 Å². The van der Waals surface area contributed by atoms with E-state index in [0.29, 0.717) is 17.9 Å². The molecule has 0 aliphatic carbocycles. The molecule has 124 valence electrons. The van der Waals surface area contributed by atoms with Gasteiger partial charge in [-0.15, -0.1) is 11.8 Å². The van der Waals surface area contributed by atoms with Crippen LogP contribution < -0.4 is 4.90 Å². The maximum absolute atomic E-state index is 12.3. The number of benzene rings is 1. The van der Waals surface area contributed by atoms with E-state index in [1.165, 1.54) is 16.7 Å². The molecule has 1 heterocycles. The number of carbonyl (C=O) groups is 3. The fourth-order valence-corrected chi connectivity index (χ4v) is 3.26. The zero-order valence-electron chi connectivity index (χ0n) is 13.4. The largest absolute Gasteiger partial charge is 0.462 e. The van der Waals surface area contributed by atoms with Gasteiger partial charge in [0.05, 0.1) is 23.1 Å². The van der Waals surface area contributed by atoms with Gasteiger partial charge in [0.1, 0.15) is 0 Å². The summed E-state index contributed by atoms with van der Waals surface area (Å²) in [5.41, 5.74) is 0.924. The van der Waals surface area contributed by atoms with E-state index >= 15 is 0 Å². The monoisotopic (exact) mass is 335 g/mol. The van der Waals surface area contributed by atoms with Crippen LogP contribution in [0.2, 0.25) is 0 Å². The molecular formula is C17H21NO4S. The molecule has 0 radical (unpaired) electrons. The molecule has 2 rings (SSSR count). The molecule has 0 saturated carbocycles. The number of hydrogen-bond donors (Lipinski definition) is 0. The van der Waals surface area contributed by atoms with Crippen LogP contribution in [0.1, 0.15) is 43.5 Å². The van der Waals surface area contributed by atoms with E-state index < -0.39 is 0 Å². The van der Waals surface area contributed by atoms with Gasteiger partial charge in [-0.25, -0.2) is 9.69 Å². The average Bonchev–Trinajstić information content (AvgIpc) is 2.82.